The highest BCUT2D eigenvalue weighted by atomic mass is 16.5. The van der Waals surface area contributed by atoms with Crippen molar-refractivity contribution in [1.29, 1.82) is 0 Å². The zero-order valence-electron chi connectivity index (χ0n) is 10.8. The molecule has 6 heteroatoms. The molecule has 0 saturated heterocycles. The van der Waals surface area contributed by atoms with E-state index >= 15 is 0 Å². The highest BCUT2D eigenvalue weighted by Crippen LogP contribution is 2.34. The van der Waals surface area contributed by atoms with Crippen molar-refractivity contribution < 1.29 is 4.52 Å². The molecule has 3 rings (SSSR count). The van der Waals surface area contributed by atoms with Gasteiger partial charge in [-0.25, -0.2) is 9.97 Å². The van der Waals surface area contributed by atoms with Crippen LogP contribution >= 0.6 is 0 Å². The van der Waals surface area contributed by atoms with Crippen molar-refractivity contribution in [3.63, 3.8) is 0 Å². The molecule has 2 aromatic heterocycles. The van der Waals surface area contributed by atoms with E-state index in [4.69, 9.17) is 10.3 Å². The Bertz CT molecular complexity index is 562. The smallest absolute Gasteiger partial charge is 0.133 e. The van der Waals surface area contributed by atoms with E-state index in [9.17, 15) is 0 Å². The molecule has 0 spiro atoms. The summed E-state index contributed by atoms with van der Waals surface area (Å²) in [6, 6.07) is 4.22. The number of rotatable bonds is 4. The fourth-order valence-corrected chi connectivity index (χ4v) is 2.28. The van der Waals surface area contributed by atoms with Gasteiger partial charge in [0, 0.05) is 29.8 Å². The first kappa shape index (κ1) is 12.1. The fourth-order valence-electron chi connectivity index (χ4n) is 2.28. The largest absolute Gasteiger partial charge is 0.364 e. The molecule has 100 valence electrons. The van der Waals surface area contributed by atoms with Crippen LogP contribution in [0.5, 0.6) is 0 Å². The molecule has 1 saturated carbocycles. The predicted molar refractivity (Wildman–Crippen MR) is 70.5 cm³/mol. The van der Waals surface area contributed by atoms with Crippen molar-refractivity contribution in [3.05, 3.63) is 35.6 Å². The third-order valence-electron chi connectivity index (χ3n) is 3.41. The van der Waals surface area contributed by atoms with Crippen LogP contribution < -0.4 is 11.1 Å². The summed E-state index contributed by atoms with van der Waals surface area (Å²) in [6.07, 6.45) is 3.62. The second kappa shape index (κ2) is 4.97. The molecule has 2 heterocycles. The summed E-state index contributed by atoms with van der Waals surface area (Å²) in [5.74, 6) is 2.10. The Labute approximate surface area is 111 Å². The Balaban J connectivity index is 1.63. The molecule has 6 nitrogen and oxygen atoms in total. The van der Waals surface area contributed by atoms with Crippen molar-refractivity contribution in [2.45, 2.75) is 38.3 Å². The lowest BCUT2D eigenvalue weighted by atomic mass is 9.79. The molecule has 1 aliphatic carbocycles. The van der Waals surface area contributed by atoms with Gasteiger partial charge in [-0.2, -0.15) is 0 Å². The van der Waals surface area contributed by atoms with Crippen molar-refractivity contribution in [2.75, 3.05) is 5.32 Å². The molecule has 0 bridgehead atoms. The number of anilines is 1. The maximum absolute atomic E-state index is 5.80. The summed E-state index contributed by atoms with van der Waals surface area (Å²) in [4.78, 5) is 8.52. The molecule has 0 aliphatic heterocycles. The van der Waals surface area contributed by atoms with Gasteiger partial charge in [-0.15, -0.1) is 0 Å². The quantitative estimate of drug-likeness (QED) is 0.866. The van der Waals surface area contributed by atoms with Gasteiger partial charge in [0.2, 0.25) is 0 Å². The van der Waals surface area contributed by atoms with E-state index in [0.717, 1.165) is 35.8 Å². The molecular formula is C13H17N5O. The lowest BCUT2D eigenvalue weighted by Crippen LogP contribution is -2.35. The zero-order chi connectivity index (χ0) is 13.2. The molecule has 3 N–H and O–H groups in total. The lowest BCUT2D eigenvalue weighted by Gasteiger charge is -2.31. The van der Waals surface area contributed by atoms with Gasteiger partial charge in [0.25, 0.3) is 0 Å². The summed E-state index contributed by atoms with van der Waals surface area (Å²) in [5, 5.41) is 7.15. The van der Waals surface area contributed by atoms with Gasteiger partial charge in [0.05, 0.1) is 6.54 Å². The van der Waals surface area contributed by atoms with E-state index in [1.807, 2.05) is 19.1 Å². The van der Waals surface area contributed by atoms with Crippen LogP contribution in [0, 0.1) is 6.92 Å². The van der Waals surface area contributed by atoms with E-state index in [1.165, 1.54) is 0 Å². The van der Waals surface area contributed by atoms with Crippen LogP contribution in [-0.4, -0.2) is 21.2 Å². The fraction of sp³-hybridized carbons (Fsp3) is 0.462. The maximum atomic E-state index is 5.80. The van der Waals surface area contributed by atoms with Gasteiger partial charge < -0.3 is 15.6 Å². The second-order valence-corrected chi connectivity index (χ2v) is 5.04. The Morgan fingerprint density at radius 3 is 2.89 bits per heavy atom. The molecular weight excluding hydrogens is 242 g/mol. The minimum Gasteiger partial charge on any atom is -0.364 e. The number of hydrogen-bond acceptors (Lipinski definition) is 6. The van der Waals surface area contributed by atoms with Gasteiger partial charge in [0.15, 0.2) is 0 Å². The Kier molecular flexibility index (Phi) is 3.16. The van der Waals surface area contributed by atoms with E-state index < -0.39 is 0 Å². The number of hydrogen-bond donors (Lipinski definition) is 2. The number of aryl methyl sites for hydroxylation is 1. The van der Waals surface area contributed by atoms with E-state index in [0.29, 0.717) is 18.5 Å². The standard InChI is InChI=1S/C13H17N5O/c1-8-2-11(18-19-8)6-15-13-5-12(16-7-17-13)9-3-10(14)4-9/h2,5,7,9-10H,3-4,6,14H2,1H3,(H,15,16,17). The van der Waals surface area contributed by atoms with Gasteiger partial charge in [0.1, 0.15) is 23.6 Å². The average molecular weight is 259 g/mol. The molecule has 0 radical (unpaired) electrons. The van der Waals surface area contributed by atoms with Gasteiger partial charge in [-0.05, 0) is 19.8 Å². The number of aromatic nitrogens is 3. The number of nitrogens with zero attached hydrogens (tertiary/aromatic N) is 3. The van der Waals surface area contributed by atoms with Crippen molar-refractivity contribution >= 4 is 5.82 Å². The van der Waals surface area contributed by atoms with Crippen LogP contribution in [0.4, 0.5) is 5.82 Å². The molecule has 1 fully saturated rings. The predicted octanol–water partition coefficient (Wildman–Crippen LogP) is 1.59. The van der Waals surface area contributed by atoms with Crippen molar-refractivity contribution in [3.8, 4) is 0 Å². The minimum atomic E-state index is 0.328. The Morgan fingerprint density at radius 1 is 1.37 bits per heavy atom. The van der Waals surface area contributed by atoms with Crippen LogP contribution in [0.15, 0.2) is 23.0 Å². The van der Waals surface area contributed by atoms with Crippen LogP contribution in [0.25, 0.3) is 0 Å². The monoisotopic (exact) mass is 259 g/mol. The first-order valence-corrected chi connectivity index (χ1v) is 6.44. The number of nitrogens with one attached hydrogen (secondary N) is 1. The maximum Gasteiger partial charge on any atom is 0.133 e. The molecule has 0 unspecified atom stereocenters. The van der Waals surface area contributed by atoms with Gasteiger partial charge >= 0.3 is 0 Å². The van der Waals surface area contributed by atoms with E-state index in [2.05, 4.69) is 20.4 Å². The van der Waals surface area contributed by atoms with Crippen molar-refractivity contribution in [2.24, 2.45) is 5.73 Å². The summed E-state index contributed by atoms with van der Waals surface area (Å²) in [5.41, 5.74) is 7.73. The summed E-state index contributed by atoms with van der Waals surface area (Å²) >= 11 is 0. The first-order chi connectivity index (χ1) is 9.20. The van der Waals surface area contributed by atoms with Crippen LogP contribution in [0.2, 0.25) is 0 Å². The Morgan fingerprint density at radius 2 is 2.21 bits per heavy atom. The number of nitrogens with two attached hydrogens (primary N) is 1. The minimum absolute atomic E-state index is 0.328. The molecule has 0 amide bonds. The summed E-state index contributed by atoms with van der Waals surface area (Å²) in [6.45, 7) is 2.47. The SMILES string of the molecule is Cc1cc(CNc2cc(C3CC(N)C3)ncn2)no1. The second-order valence-electron chi connectivity index (χ2n) is 5.04. The summed E-state index contributed by atoms with van der Waals surface area (Å²) < 4.78 is 5.02. The Hall–Kier alpha value is -1.95. The zero-order valence-corrected chi connectivity index (χ0v) is 10.8. The molecule has 19 heavy (non-hydrogen) atoms. The molecule has 0 atom stereocenters. The third kappa shape index (κ3) is 2.73. The molecule has 1 aliphatic rings. The molecule has 2 aromatic rings. The summed E-state index contributed by atoms with van der Waals surface area (Å²) in [7, 11) is 0. The topological polar surface area (TPSA) is 89.9 Å². The van der Waals surface area contributed by atoms with Crippen molar-refractivity contribution in [1.82, 2.24) is 15.1 Å². The third-order valence-corrected chi connectivity index (χ3v) is 3.41. The lowest BCUT2D eigenvalue weighted by molar-refractivity contribution is 0.345. The van der Waals surface area contributed by atoms with E-state index in [-0.39, 0.29) is 0 Å². The average Bonchev–Trinajstić information content (AvgIpc) is 2.79. The highest BCUT2D eigenvalue weighted by molar-refractivity contribution is 5.37. The van der Waals surface area contributed by atoms with Gasteiger partial charge in [-0.3, -0.25) is 0 Å². The first-order valence-electron chi connectivity index (χ1n) is 6.44. The van der Waals surface area contributed by atoms with Gasteiger partial charge in [-0.1, -0.05) is 5.16 Å². The van der Waals surface area contributed by atoms with Crippen LogP contribution in [0.1, 0.15) is 35.9 Å². The van der Waals surface area contributed by atoms with Crippen LogP contribution in [0.3, 0.4) is 0 Å². The highest BCUT2D eigenvalue weighted by Gasteiger charge is 2.28. The molecule has 0 aromatic carbocycles. The normalized spacial score (nSPS) is 22.0. The van der Waals surface area contributed by atoms with Crippen LogP contribution in [-0.2, 0) is 6.54 Å². The van der Waals surface area contributed by atoms with E-state index in [1.54, 1.807) is 6.33 Å².